The molecular weight excluding hydrogens is 384 g/mol. The fourth-order valence-electron chi connectivity index (χ4n) is 3.09. The van der Waals surface area contributed by atoms with Gasteiger partial charge in [0.15, 0.2) is 18.1 Å². The zero-order valence-electron chi connectivity index (χ0n) is 16.9. The number of fused-ring (bicyclic) bond motifs is 1. The molecule has 0 unspecified atom stereocenters. The predicted molar refractivity (Wildman–Crippen MR) is 111 cm³/mol. The second-order valence-electron chi connectivity index (χ2n) is 6.57. The number of esters is 1. The largest absolute Gasteiger partial charge is 0.454 e. The Labute approximate surface area is 174 Å². The van der Waals surface area contributed by atoms with Crippen LogP contribution in [-0.2, 0) is 27.2 Å². The lowest BCUT2D eigenvalue weighted by Gasteiger charge is -2.14. The van der Waals surface area contributed by atoms with Crippen LogP contribution in [0.1, 0.15) is 30.5 Å². The first-order valence-electron chi connectivity index (χ1n) is 9.64. The Morgan fingerprint density at radius 1 is 1.13 bits per heavy atom. The van der Waals surface area contributed by atoms with Gasteiger partial charge in [0.25, 0.3) is 5.91 Å². The highest BCUT2D eigenvalue weighted by Gasteiger charge is 2.17. The summed E-state index contributed by atoms with van der Waals surface area (Å²) in [5, 5.41) is 12.1. The Bertz CT molecular complexity index is 1010. The first kappa shape index (κ1) is 20.9. The van der Waals surface area contributed by atoms with Gasteiger partial charge in [-0.3, -0.25) is 4.79 Å². The second kappa shape index (κ2) is 9.61. The Morgan fingerprint density at radius 3 is 2.50 bits per heavy atom. The third-order valence-corrected chi connectivity index (χ3v) is 4.65. The summed E-state index contributed by atoms with van der Waals surface area (Å²) in [7, 11) is 0. The summed E-state index contributed by atoms with van der Waals surface area (Å²) in [6, 6.07) is 12.7. The number of nitriles is 1. The molecule has 1 amide bonds. The molecule has 0 aromatic heterocycles. The van der Waals surface area contributed by atoms with Crippen molar-refractivity contribution in [2.45, 2.75) is 26.7 Å². The smallest absolute Gasteiger partial charge is 0.349 e. The normalized spacial score (nSPS) is 12.2. The zero-order valence-corrected chi connectivity index (χ0v) is 16.9. The topological polar surface area (TPSA) is 97.7 Å². The van der Waals surface area contributed by atoms with E-state index in [0.717, 1.165) is 29.7 Å². The molecule has 0 bridgehead atoms. The molecule has 0 atom stereocenters. The van der Waals surface area contributed by atoms with Gasteiger partial charge in [-0.15, -0.1) is 0 Å². The lowest BCUT2D eigenvalue weighted by atomic mass is 10.0. The fourth-order valence-corrected chi connectivity index (χ4v) is 3.09. The molecule has 0 saturated carbocycles. The van der Waals surface area contributed by atoms with Crippen LogP contribution in [0.3, 0.4) is 0 Å². The highest BCUT2D eigenvalue weighted by atomic mass is 16.7. The van der Waals surface area contributed by atoms with Crippen molar-refractivity contribution < 1.29 is 23.8 Å². The van der Waals surface area contributed by atoms with E-state index in [1.807, 2.05) is 38.1 Å². The summed E-state index contributed by atoms with van der Waals surface area (Å²) in [6.45, 7) is 3.65. The van der Waals surface area contributed by atoms with Gasteiger partial charge in [0.1, 0.15) is 11.6 Å². The molecule has 0 radical (unpaired) electrons. The van der Waals surface area contributed by atoms with Crippen molar-refractivity contribution in [3.63, 3.8) is 0 Å². The van der Waals surface area contributed by atoms with Gasteiger partial charge in [0.2, 0.25) is 6.79 Å². The maximum Gasteiger partial charge on any atom is 0.349 e. The lowest BCUT2D eigenvalue weighted by molar-refractivity contribution is -0.142. The zero-order chi connectivity index (χ0) is 21.5. The Kier molecular flexibility index (Phi) is 6.71. The predicted octanol–water partition coefficient (Wildman–Crippen LogP) is 3.63. The van der Waals surface area contributed by atoms with E-state index in [0.29, 0.717) is 17.1 Å². The molecule has 2 aromatic rings. The number of ether oxygens (including phenoxy) is 3. The van der Waals surface area contributed by atoms with E-state index in [1.54, 1.807) is 18.2 Å². The SMILES string of the molecule is CCc1cccc(CC)c1NC(=O)COC(=O)/C(C#N)=C\c1ccc2c(c1)OCO2. The molecule has 154 valence electrons. The molecule has 30 heavy (non-hydrogen) atoms. The molecule has 1 aliphatic heterocycles. The van der Waals surface area contributed by atoms with Crippen molar-refractivity contribution >= 4 is 23.6 Å². The Morgan fingerprint density at radius 2 is 1.83 bits per heavy atom. The summed E-state index contributed by atoms with van der Waals surface area (Å²) in [5.74, 6) is -0.192. The van der Waals surface area contributed by atoms with Gasteiger partial charge in [0.05, 0.1) is 0 Å². The third kappa shape index (κ3) is 4.78. The number of carbonyl (C=O) groups excluding carboxylic acids is 2. The first-order valence-corrected chi connectivity index (χ1v) is 9.64. The fraction of sp³-hybridized carbons (Fsp3) is 0.261. The first-order chi connectivity index (χ1) is 14.5. The summed E-state index contributed by atoms with van der Waals surface area (Å²) in [4.78, 5) is 24.6. The van der Waals surface area contributed by atoms with Crippen LogP contribution in [0.2, 0.25) is 0 Å². The van der Waals surface area contributed by atoms with Crippen LogP contribution in [-0.4, -0.2) is 25.3 Å². The maximum atomic E-state index is 12.3. The average Bonchev–Trinajstić information content (AvgIpc) is 3.23. The molecule has 1 heterocycles. The van der Waals surface area contributed by atoms with E-state index < -0.39 is 18.5 Å². The number of para-hydroxylation sites is 1. The van der Waals surface area contributed by atoms with Gasteiger partial charge >= 0.3 is 5.97 Å². The number of nitrogens with zero attached hydrogens (tertiary/aromatic N) is 1. The van der Waals surface area contributed by atoms with E-state index in [4.69, 9.17) is 14.2 Å². The summed E-state index contributed by atoms with van der Waals surface area (Å²) in [5.41, 5.74) is 3.13. The monoisotopic (exact) mass is 406 g/mol. The van der Waals surface area contributed by atoms with Crippen LogP contribution >= 0.6 is 0 Å². The van der Waals surface area contributed by atoms with E-state index in [-0.39, 0.29) is 12.4 Å². The van der Waals surface area contributed by atoms with Gasteiger partial charge in [-0.2, -0.15) is 5.26 Å². The number of hydrogen-bond acceptors (Lipinski definition) is 6. The van der Waals surface area contributed by atoms with Gasteiger partial charge in [-0.25, -0.2) is 4.79 Å². The molecule has 0 aliphatic carbocycles. The Hall–Kier alpha value is -3.79. The van der Waals surface area contributed by atoms with Crippen molar-refractivity contribution in [1.82, 2.24) is 0 Å². The molecule has 7 heteroatoms. The van der Waals surface area contributed by atoms with E-state index in [1.165, 1.54) is 6.08 Å². The van der Waals surface area contributed by atoms with Gasteiger partial charge < -0.3 is 19.5 Å². The van der Waals surface area contributed by atoms with E-state index in [2.05, 4.69) is 5.32 Å². The molecule has 3 rings (SSSR count). The molecule has 7 nitrogen and oxygen atoms in total. The molecule has 2 aromatic carbocycles. The number of rotatable bonds is 7. The van der Waals surface area contributed by atoms with Crippen molar-refractivity contribution in [3.8, 4) is 17.6 Å². The van der Waals surface area contributed by atoms with Crippen molar-refractivity contribution in [1.29, 1.82) is 5.26 Å². The molecule has 0 fully saturated rings. The third-order valence-electron chi connectivity index (χ3n) is 4.65. The number of amides is 1. The van der Waals surface area contributed by atoms with Gasteiger partial charge in [-0.1, -0.05) is 38.1 Å². The quantitative estimate of drug-likeness (QED) is 0.428. The minimum Gasteiger partial charge on any atom is -0.454 e. The lowest BCUT2D eigenvalue weighted by Crippen LogP contribution is -2.22. The number of anilines is 1. The van der Waals surface area contributed by atoms with Crippen LogP contribution in [0.4, 0.5) is 5.69 Å². The summed E-state index contributed by atoms with van der Waals surface area (Å²) in [6.07, 6.45) is 2.91. The van der Waals surface area contributed by atoms with Crippen LogP contribution in [0.25, 0.3) is 6.08 Å². The highest BCUT2D eigenvalue weighted by Crippen LogP contribution is 2.33. The number of carbonyl (C=O) groups is 2. The second-order valence-corrected chi connectivity index (χ2v) is 6.57. The van der Waals surface area contributed by atoms with Gasteiger partial charge in [-0.05, 0) is 47.7 Å². The van der Waals surface area contributed by atoms with Crippen molar-refractivity contribution in [2.75, 3.05) is 18.7 Å². The Balaban J connectivity index is 1.64. The molecular formula is C23H22N2O5. The number of benzene rings is 2. The molecule has 1 N–H and O–H groups in total. The van der Waals surface area contributed by atoms with Crippen molar-refractivity contribution in [3.05, 3.63) is 58.7 Å². The van der Waals surface area contributed by atoms with Crippen LogP contribution in [0.15, 0.2) is 42.0 Å². The van der Waals surface area contributed by atoms with Crippen LogP contribution in [0, 0.1) is 11.3 Å². The number of aryl methyl sites for hydroxylation is 2. The molecule has 0 spiro atoms. The van der Waals surface area contributed by atoms with Gasteiger partial charge in [0, 0.05) is 5.69 Å². The summed E-state index contributed by atoms with van der Waals surface area (Å²) >= 11 is 0. The van der Waals surface area contributed by atoms with Crippen molar-refractivity contribution in [2.24, 2.45) is 0 Å². The summed E-state index contributed by atoms with van der Waals surface area (Å²) < 4.78 is 15.6. The average molecular weight is 406 g/mol. The van der Waals surface area contributed by atoms with E-state index in [9.17, 15) is 14.9 Å². The molecule has 1 aliphatic rings. The minimum absolute atomic E-state index is 0.131. The highest BCUT2D eigenvalue weighted by molar-refractivity contribution is 6.00. The minimum atomic E-state index is -0.871. The molecule has 0 saturated heterocycles. The maximum absolute atomic E-state index is 12.3. The van der Waals surface area contributed by atoms with E-state index >= 15 is 0 Å². The van der Waals surface area contributed by atoms with Crippen LogP contribution < -0.4 is 14.8 Å². The number of nitrogens with one attached hydrogen (secondary N) is 1. The number of hydrogen-bond donors (Lipinski definition) is 1. The standard InChI is InChI=1S/C23H22N2O5/c1-3-16-6-5-7-17(4-2)22(16)25-21(26)13-28-23(27)18(12-24)10-15-8-9-19-20(11-15)30-14-29-19/h5-11H,3-4,13-14H2,1-2H3,(H,25,26)/b18-10-. The van der Waals surface area contributed by atoms with Crippen LogP contribution in [0.5, 0.6) is 11.5 Å².